The second kappa shape index (κ2) is 8.53. The van der Waals surface area contributed by atoms with Crippen molar-refractivity contribution in [2.24, 2.45) is 0 Å². The van der Waals surface area contributed by atoms with Gasteiger partial charge in [-0.05, 0) is 27.2 Å². The maximum Gasteiger partial charge on any atom is 0.332 e. The normalized spacial score (nSPS) is 11.5. The molecule has 0 aliphatic carbocycles. The molecule has 0 aromatic carbocycles. The van der Waals surface area contributed by atoms with Gasteiger partial charge in [-0.3, -0.25) is 0 Å². The Kier molecular flexibility index (Phi) is 8.21. The summed E-state index contributed by atoms with van der Waals surface area (Å²) in [5, 5.41) is 0. The molecule has 0 spiro atoms. The van der Waals surface area contributed by atoms with Crippen LogP contribution in [0, 0.1) is 0 Å². The van der Waals surface area contributed by atoms with Gasteiger partial charge in [0, 0.05) is 6.61 Å². The summed E-state index contributed by atoms with van der Waals surface area (Å²) < 4.78 is 15.5. The van der Waals surface area contributed by atoms with E-state index < -0.39 is 5.60 Å². The Labute approximate surface area is 98.3 Å². The molecule has 16 heavy (non-hydrogen) atoms. The molecule has 0 rings (SSSR count). The maximum absolute atomic E-state index is 11.2. The van der Waals surface area contributed by atoms with Gasteiger partial charge >= 0.3 is 5.97 Å². The predicted octanol–water partition coefficient (Wildman–Crippen LogP) is 2.16. The number of hydrogen-bond acceptors (Lipinski definition) is 4. The fourth-order valence-corrected chi connectivity index (χ4v) is 0.993. The molecule has 0 radical (unpaired) electrons. The van der Waals surface area contributed by atoms with Crippen LogP contribution >= 0.6 is 0 Å². The highest BCUT2D eigenvalue weighted by molar-refractivity contribution is 5.71. The molecule has 0 amide bonds. The summed E-state index contributed by atoms with van der Waals surface area (Å²) in [6.45, 7) is 9.32. The lowest BCUT2D eigenvalue weighted by Gasteiger charge is -2.19. The maximum atomic E-state index is 11.2. The molecule has 0 N–H and O–H groups in total. The zero-order valence-corrected chi connectivity index (χ0v) is 10.9. The molecule has 0 aliphatic heterocycles. The van der Waals surface area contributed by atoms with E-state index in [9.17, 15) is 4.79 Å². The van der Waals surface area contributed by atoms with E-state index in [-0.39, 0.29) is 12.6 Å². The number of rotatable bonds is 8. The third-order valence-electron chi connectivity index (χ3n) is 1.65. The van der Waals surface area contributed by atoms with Crippen LogP contribution in [0.1, 0.15) is 40.5 Å². The topological polar surface area (TPSA) is 44.8 Å². The highest BCUT2D eigenvalue weighted by Crippen LogP contribution is 2.06. The molecule has 96 valence electrons. The second-order valence-electron chi connectivity index (χ2n) is 4.60. The van der Waals surface area contributed by atoms with Gasteiger partial charge in [0.15, 0.2) is 0 Å². The Hall–Kier alpha value is -0.610. The van der Waals surface area contributed by atoms with Crippen LogP contribution < -0.4 is 0 Å². The molecule has 0 aliphatic rings. The molecule has 0 saturated heterocycles. The lowest BCUT2D eigenvalue weighted by molar-refractivity contribution is -0.160. The van der Waals surface area contributed by atoms with Crippen LogP contribution in [0.3, 0.4) is 0 Å². The Balaban J connectivity index is 3.28. The van der Waals surface area contributed by atoms with Gasteiger partial charge in [-0.1, -0.05) is 13.3 Å². The van der Waals surface area contributed by atoms with E-state index in [1.54, 1.807) is 0 Å². The first-order chi connectivity index (χ1) is 7.45. The third-order valence-corrected chi connectivity index (χ3v) is 1.65. The molecule has 0 heterocycles. The van der Waals surface area contributed by atoms with Gasteiger partial charge in [-0.2, -0.15) is 0 Å². The van der Waals surface area contributed by atoms with Crippen LogP contribution in [-0.2, 0) is 19.0 Å². The van der Waals surface area contributed by atoms with Gasteiger partial charge in [-0.25, -0.2) is 4.79 Å². The van der Waals surface area contributed by atoms with E-state index in [1.165, 1.54) is 0 Å². The van der Waals surface area contributed by atoms with Crippen molar-refractivity contribution in [3.63, 3.8) is 0 Å². The lowest BCUT2D eigenvalue weighted by atomic mass is 10.2. The highest BCUT2D eigenvalue weighted by Gasteiger charge is 2.15. The minimum atomic E-state index is -0.446. The van der Waals surface area contributed by atoms with Crippen molar-refractivity contribution in [3.8, 4) is 0 Å². The average Bonchev–Trinajstić information content (AvgIpc) is 2.13. The summed E-state index contributed by atoms with van der Waals surface area (Å²) in [5.41, 5.74) is -0.446. The van der Waals surface area contributed by atoms with Crippen molar-refractivity contribution in [2.75, 3.05) is 26.4 Å². The average molecular weight is 232 g/mol. The molecule has 0 unspecified atom stereocenters. The smallest absolute Gasteiger partial charge is 0.332 e. The van der Waals surface area contributed by atoms with E-state index in [4.69, 9.17) is 14.2 Å². The zero-order valence-electron chi connectivity index (χ0n) is 10.9. The molecule has 0 aromatic heterocycles. The first-order valence-electron chi connectivity index (χ1n) is 5.83. The van der Waals surface area contributed by atoms with Crippen molar-refractivity contribution >= 4 is 5.97 Å². The summed E-state index contributed by atoms with van der Waals surface area (Å²) in [6, 6.07) is 0. The summed E-state index contributed by atoms with van der Waals surface area (Å²) in [5.74, 6) is -0.332. The Morgan fingerprint density at radius 1 is 1.06 bits per heavy atom. The Morgan fingerprint density at radius 3 is 2.25 bits per heavy atom. The molecule has 0 saturated carbocycles. The molecule has 0 fully saturated rings. The van der Waals surface area contributed by atoms with Gasteiger partial charge in [0.05, 0.1) is 13.2 Å². The van der Waals surface area contributed by atoms with Gasteiger partial charge < -0.3 is 14.2 Å². The van der Waals surface area contributed by atoms with E-state index in [0.717, 1.165) is 19.4 Å². The number of carbonyl (C=O) groups is 1. The fourth-order valence-electron chi connectivity index (χ4n) is 0.993. The molecule has 0 bridgehead atoms. The Morgan fingerprint density at radius 2 is 1.69 bits per heavy atom. The van der Waals surface area contributed by atoms with Crippen LogP contribution in [0.25, 0.3) is 0 Å². The third kappa shape index (κ3) is 11.5. The van der Waals surface area contributed by atoms with Crippen molar-refractivity contribution in [1.29, 1.82) is 0 Å². The van der Waals surface area contributed by atoms with Crippen molar-refractivity contribution in [2.45, 2.75) is 46.1 Å². The summed E-state index contributed by atoms with van der Waals surface area (Å²) in [6.07, 6.45) is 2.19. The van der Waals surface area contributed by atoms with E-state index in [0.29, 0.717) is 13.2 Å². The van der Waals surface area contributed by atoms with E-state index in [2.05, 4.69) is 6.92 Å². The SMILES string of the molecule is CCCCOCCOCC(=O)OC(C)(C)C. The molecule has 0 atom stereocenters. The molecular weight excluding hydrogens is 208 g/mol. The zero-order chi connectivity index (χ0) is 12.4. The van der Waals surface area contributed by atoms with Crippen LogP contribution in [0.2, 0.25) is 0 Å². The summed E-state index contributed by atoms with van der Waals surface area (Å²) >= 11 is 0. The van der Waals surface area contributed by atoms with Crippen LogP contribution in [0.15, 0.2) is 0 Å². The van der Waals surface area contributed by atoms with Crippen molar-refractivity contribution in [1.82, 2.24) is 0 Å². The van der Waals surface area contributed by atoms with E-state index in [1.807, 2.05) is 20.8 Å². The van der Waals surface area contributed by atoms with Crippen LogP contribution in [-0.4, -0.2) is 38.0 Å². The lowest BCUT2D eigenvalue weighted by Crippen LogP contribution is -2.27. The van der Waals surface area contributed by atoms with Gasteiger partial charge in [0.1, 0.15) is 12.2 Å². The molecule has 4 nitrogen and oxygen atoms in total. The largest absolute Gasteiger partial charge is 0.458 e. The van der Waals surface area contributed by atoms with Crippen molar-refractivity contribution < 1.29 is 19.0 Å². The monoisotopic (exact) mass is 232 g/mol. The number of hydrogen-bond donors (Lipinski definition) is 0. The highest BCUT2D eigenvalue weighted by atomic mass is 16.6. The molecule has 4 heteroatoms. The Bertz CT molecular complexity index is 184. The van der Waals surface area contributed by atoms with Crippen molar-refractivity contribution in [3.05, 3.63) is 0 Å². The van der Waals surface area contributed by atoms with Crippen LogP contribution in [0.4, 0.5) is 0 Å². The van der Waals surface area contributed by atoms with Gasteiger partial charge in [0.25, 0.3) is 0 Å². The summed E-state index contributed by atoms with van der Waals surface area (Å²) in [7, 11) is 0. The number of unbranched alkanes of at least 4 members (excludes halogenated alkanes) is 1. The fraction of sp³-hybridized carbons (Fsp3) is 0.917. The second-order valence-corrected chi connectivity index (χ2v) is 4.60. The quantitative estimate of drug-likeness (QED) is 0.475. The molecule has 0 aromatic rings. The first-order valence-corrected chi connectivity index (χ1v) is 5.83. The number of esters is 1. The molecular formula is C12H24O4. The number of ether oxygens (including phenoxy) is 3. The minimum absolute atomic E-state index is 0.00555. The predicted molar refractivity (Wildman–Crippen MR) is 62.4 cm³/mol. The number of carbonyl (C=O) groups excluding carboxylic acids is 1. The van der Waals surface area contributed by atoms with Gasteiger partial charge in [-0.15, -0.1) is 0 Å². The van der Waals surface area contributed by atoms with Gasteiger partial charge in [0.2, 0.25) is 0 Å². The first kappa shape index (κ1) is 15.4. The van der Waals surface area contributed by atoms with Crippen LogP contribution in [0.5, 0.6) is 0 Å². The standard InChI is InChI=1S/C12H24O4/c1-5-6-7-14-8-9-15-10-11(13)16-12(2,3)4/h5-10H2,1-4H3. The summed E-state index contributed by atoms with van der Waals surface area (Å²) in [4.78, 5) is 11.2. The minimum Gasteiger partial charge on any atom is -0.458 e. The van der Waals surface area contributed by atoms with E-state index >= 15 is 0 Å².